The number of likely N-dealkylation sites (N-methyl/N-ethyl adjacent to an activating group) is 1. The van der Waals surface area contributed by atoms with Crippen molar-refractivity contribution >= 4 is 17.5 Å². The molecule has 0 saturated heterocycles. The number of amides is 1. The number of hydrogen-bond donors (Lipinski definition) is 1. The van der Waals surface area contributed by atoms with E-state index >= 15 is 0 Å². The minimum atomic E-state index is -1.28. The summed E-state index contributed by atoms with van der Waals surface area (Å²) in [5.74, 6) is 4.71. The molecule has 0 fully saturated rings. The molecule has 3 rings (SSSR count). The summed E-state index contributed by atoms with van der Waals surface area (Å²) < 4.78 is 0. The van der Waals surface area contributed by atoms with Gasteiger partial charge in [-0.25, -0.2) is 0 Å². The number of nitrogens with zero attached hydrogens (tertiary/aromatic N) is 1. The molecule has 0 bridgehead atoms. The Morgan fingerprint density at radius 3 is 1.79 bits per heavy atom. The third-order valence-corrected chi connectivity index (χ3v) is 6.53. The van der Waals surface area contributed by atoms with E-state index in [0.29, 0.717) is 5.56 Å². The standard InChI is InChI=1S/C33H35NO4/c1-3-30(36)32(31(37)24-35)34(2)33(38)29-22-20-28(21-23-29)19-18-27-16-14-26(15-17-27)13-9-5-8-12-25-10-6-4-7-11-25/h4,6-7,10-11,14-17,20-23,32,35H,3,5,8-9,12-13,24H2,1-2H3. The predicted octanol–water partition coefficient (Wildman–Crippen LogP) is 5.02. The topological polar surface area (TPSA) is 74.7 Å². The van der Waals surface area contributed by atoms with E-state index in [1.54, 1.807) is 31.2 Å². The van der Waals surface area contributed by atoms with Crippen molar-refractivity contribution in [3.05, 3.63) is 107 Å². The summed E-state index contributed by atoms with van der Waals surface area (Å²) >= 11 is 0. The van der Waals surface area contributed by atoms with Gasteiger partial charge in [-0.2, -0.15) is 0 Å². The Hall–Kier alpha value is -4.01. The Labute approximate surface area is 225 Å². The number of hydrogen-bond acceptors (Lipinski definition) is 4. The molecule has 3 aromatic rings. The average molecular weight is 510 g/mol. The summed E-state index contributed by atoms with van der Waals surface area (Å²) in [6, 6.07) is 24.4. The van der Waals surface area contributed by atoms with Crippen LogP contribution in [0.4, 0.5) is 0 Å². The van der Waals surface area contributed by atoms with Crippen LogP contribution in [-0.4, -0.2) is 47.2 Å². The van der Waals surface area contributed by atoms with Gasteiger partial charge in [-0.05, 0) is 73.2 Å². The molecule has 5 nitrogen and oxygen atoms in total. The SMILES string of the molecule is CCC(=O)C(C(=O)CO)N(C)C(=O)c1ccc(C#Cc2ccc(CCCCCc3ccccc3)cc2)cc1. The number of Topliss-reactive ketones (excluding diaryl/α,β-unsaturated/α-hetero) is 2. The molecule has 1 amide bonds. The Morgan fingerprint density at radius 2 is 1.26 bits per heavy atom. The molecule has 0 radical (unpaired) electrons. The van der Waals surface area contributed by atoms with E-state index in [9.17, 15) is 19.5 Å². The van der Waals surface area contributed by atoms with E-state index in [4.69, 9.17) is 0 Å². The second-order valence-electron chi connectivity index (χ2n) is 9.33. The van der Waals surface area contributed by atoms with Crippen molar-refractivity contribution in [1.29, 1.82) is 0 Å². The lowest BCUT2D eigenvalue weighted by atomic mass is 10.0. The van der Waals surface area contributed by atoms with Gasteiger partial charge in [-0.1, -0.05) is 67.6 Å². The van der Waals surface area contributed by atoms with Crippen LogP contribution < -0.4 is 0 Å². The lowest BCUT2D eigenvalue weighted by Gasteiger charge is -2.25. The van der Waals surface area contributed by atoms with Crippen molar-refractivity contribution in [3.8, 4) is 11.8 Å². The highest BCUT2D eigenvalue weighted by Crippen LogP contribution is 2.13. The summed E-state index contributed by atoms with van der Waals surface area (Å²) in [7, 11) is 1.40. The van der Waals surface area contributed by atoms with Crippen molar-refractivity contribution < 1.29 is 19.5 Å². The number of aliphatic hydroxyl groups excluding tert-OH is 1. The molecule has 3 aromatic carbocycles. The van der Waals surface area contributed by atoms with Crippen LogP contribution in [0.5, 0.6) is 0 Å². The Bertz CT molecular complexity index is 1250. The first kappa shape index (κ1) is 28.6. The molecule has 0 aliphatic carbocycles. The smallest absolute Gasteiger partial charge is 0.254 e. The van der Waals surface area contributed by atoms with Crippen LogP contribution in [-0.2, 0) is 22.4 Å². The zero-order valence-corrected chi connectivity index (χ0v) is 22.2. The van der Waals surface area contributed by atoms with Crippen molar-refractivity contribution in [2.75, 3.05) is 13.7 Å². The highest BCUT2D eigenvalue weighted by atomic mass is 16.3. The normalized spacial score (nSPS) is 11.2. The van der Waals surface area contributed by atoms with Gasteiger partial charge in [0.25, 0.3) is 5.91 Å². The lowest BCUT2D eigenvalue weighted by Crippen LogP contribution is -2.48. The van der Waals surface area contributed by atoms with Crippen LogP contribution in [0.1, 0.15) is 65.2 Å². The maximum atomic E-state index is 12.8. The molecule has 1 unspecified atom stereocenters. The molecule has 38 heavy (non-hydrogen) atoms. The van der Waals surface area contributed by atoms with Crippen LogP contribution in [0.3, 0.4) is 0 Å². The fourth-order valence-electron chi connectivity index (χ4n) is 4.29. The van der Waals surface area contributed by atoms with Gasteiger partial charge in [0.1, 0.15) is 6.61 Å². The fraction of sp³-hybridized carbons (Fsp3) is 0.303. The molecule has 1 N–H and O–H groups in total. The second-order valence-corrected chi connectivity index (χ2v) is 9.33. The van der Waals surface area contributed by atoms with Gasteiger partial charge in [-0.15, -0.1) is 0 Å². The van der Waals surface area contributed by atoms with Crippen LogP contribution in [0, 0.1) is 11.8 Å². The summed E-state index contributed by atoms with van der Waals surface area (Å²) in [4.78, 5) is 38.1. The molecule has 0 aromatic heterocycles. The maximum absolute atomic E-state index is 12.8. The van der Waals surface area contributed by atoms with E-state index in [1.165, 1.54) is 37.4 Å². The first-order chi connectivity index (χ1) is 18.4. The summed E-state index contributed by atoms with van der Waals surface area (Å²) in [5.41, 5.74) is 4.71. The second kappa shape index (κ2) is 14.7. The highest BCUT2D eigenvalue weighted by molar-refractivity contribution is 6.10. The zero-order chi connectivity index (χ0) is 27.3. The summed E-state index contributed by atoms with van der Waals surface area (Å²) in [6.45, 7) is 0.825. The highest BCUT2D eigenvalue weighted by Gasteiger charge is 2.32. The van der Waals surface area contributed by atoms with Crippen LogP contribution in [0.2, 0.25) is 0 Å². The van der Waals surface area contributed by atoms with Gasteiger partial charge < -0.3 is 10.0 Å². The van der Waals surface area contributed by atoms with Gasteiger partial charge in [0.15, 0.2) is 17.6 Å². The number of benzene rings is 3. The minimum absolute atomic E-state index is 0.0955. The van der Waals surface area contributed by atoms with Crippen LogP contribution >= 0.6 is 0 Å². The molecule has 1 atom stereocenters. The molecule has 0 aliphatic rings. The molecule has 0 spiro atoms. The van der Waals surface area contributed by atoms with E-state index < -0.39 is 30.1 Å². The van der Waals surface area contributed by atoms with E-state index in [1.807, 2.05) is 12.1 Å². The predicted molar refractivity (Wildman–Crippen MR) is 150 cm³/mol. The van der Waals surface area contributed by atoms with Gasteiger partial charge >= 0.3 is 0 Å². The van der Waals surface area contributed by atoms with Gasteiger partial charge in [0.05, 0.1) is 0 Å². The van der Waals surface area contributed by atoms with Gasteiger partial charge in [-0.3, -0.25) is 14.4 Å². The third kappa shape index (κ3) is 8.26. The molecular formula is C33H35NO4. The summed E-state index contributed by atoms with van der Waals surface area (Å²) in [5, 5.41) is 9.19. The average Bonchev–Trinajstić information content (AvgIpc) is 2.96. The van der Waals surface area contributed by atoms with Crippen molar-refractivity contribution in [2.24, 2.45) is 0 Å². The Balaban J connectivity index is 1.52. The molecule has 0 saturated carbocycles. The maximum Gasteiger partial charge on any atom is 0.254 e. The largest absolute Gasteiger partial charge is 0.388 e. The molecule has 0 aliphatic heterocycles. The molecule has 196 valence electrons. The number of carbonyl (C=O) groups is 3. The molecular weight excluding hydrogens is 474 g/mol. The Kier molecular flexibility index (Phi) is 11.0. The van der Waals surface area contributed by atoms with Crippen LogP contribution in [0.25, 0.3) is 0 Å². The van der Waals surface area contributed by atoms with E-state index in [2.05, 4.69) is 54.3 Å². The Morgan fingerprint density at radius 1 is 0.737 bits per heavy atom. The number of ketones is 2. The number of unbranched alkanes of at least 4 members (excludes halogenated alkanes) is 2. The number of rotatable bonds is 12. The monoisotopic (exact) mass is 509 g/mol. The number of aliphatic hydroxyl groups is 1. The van der Waals surface area contributed by atoms with E-state index in [0.717, 1.165) is 28.9 Å². The van der Waals surface area contributed by atoms with Crippen LogP contribution in [0.15, 0.2) is 78.9 Å². The molecule has 0 heterocycles. The molecule has 5 heteroatoms. The van der Waals surface area contributed by atoms with Crippen molar-refractivity contribution in [1.82, 2.24) is 4.90 Å². The van der Waals surface area contributed by atoms with Crippen molar-refractivity contribution in [2.45, 2.75) is 51.5 Å². The first-order valence-electron chi connectivity index (χ1n) is 13.1. The van der Waals surface area contributed by atoms with Gasteiger partial charge in [0, 0.05) is 30.2 Å². The fourth-order valence-corrected chi connectivity index (χ4v) is 4.29. The summed E-state index contributed by atoms with van der Waals surface area (Å²) in [6.07, 6.45) is 5.85. The zero-order valence-electron chi connectivity index (χ0n) is 22.2. The number of carbonyl (C=O) groups excluding carboxylic acids is 3. The quantitative estimate of drug-likeness (QED) is 0.211. The number of aryl methyl sites for hydroxylation is 2. The van der Waals surface area contributed by atoms with E-state index in [-0.39, 0.29) is 6.42 Å². The van der Waals surface area contributed by atoms with Crippen molar-refractivity contribution in [3.63, 3.8) is 0 Å². The first-order valence-corrected chi connectivity index (χ1v) is 13.1. The third-order valence-electron chi connectivity index (χ3n) is 6.53. The minimum Gasteiger partial charge on any atom is -0.388 e. The lowest BCUT2D eigenvalue weighted by molar-refractivity contribution is -0.134. The van der Waals surface area contributed by atoms with Gasteiger partial charge in [0.2, 0.25) is 0 Å².